The Morgan fingerprint density at radius 3 is 1.79 bits per heavy atom. The fourth-order valence-corrected chi connectivity index (χ4v) is 3.56. The molecule has 29 heavy (non-hydrogen) atoms. The molecule has 0 saturated carbocycles. The Labute approximate surface area is 179 Å². The number of likely N-dealkylation sites (tertiary alicyclic amines) is 1. The van der Waals surface area contributed by atoms with E-state index in [9.17, 15) is 4.79 Å². The highest BCUT2D eigenvalue weighted by molar-refractivity contribution is 5.76. The van der Waals surface area contributed by atoms with Gasteiger partial charge < -0.3 is 19.1 Å². The summed E-state index contributed by atoms with van der Waals surface area (Å²) in [6.45, 7) is 21.3. The highest BCUT2D eigenvalue weighted by Crippen LogP contribution is 2.46. The van der Waals surface area contributed by atoms with Crippen LogP contribution in [0.2, 0.25) is 0 Å². The van der Waals surface area contributed by atoms with Gasteiger partial charge in [0.25, 0.3) is 0 Å². The Hall–Kier alpha value is -0.650. The van der Waals surface area contributed by atoms with Crippen LogP contribution in [0, 0.1) is 16.2 Å². The smallest absolute Gasteiger partial charge is 0.224 e. The minimum atomic E-state index is 0.213. The number of hydrogen-bond donors (Lipinski definition) is 0. The molecule has 0 aromatic heterocycles. The predicted octanol–water partition coefficient (Wildman–Crippen LogP) is 4.93. The lowest BCUT2D eigenvalue weighted by atomic mass is 9.63. The molecule has 1 saturated heterocycles. The summed E-state index contributed by atoms with van der Waals surface area (Å²) in [5, 5.41) is 0. The number of amides is 1. The summed E-state index contributed by atoms with van der Waals surface area (Å²) in [7, 11) is 0. The molecule has 5 nitrogen and oxygen atoms in total. The number of nitrogens with zero attached hydrogens (tertiary/aromatic N) is 1. The molecule has 0 aromatic rings. The van der Waals surface area contributed by atoms with Gasteiger partial charge in [-0.3, -0.25) is 4.79 Å². The first-order valence-corrected chi connectivity index (χ1v) is 11.5. The van der Waals surface area contributed by atoms with Gasteiger partial charge in [0, 0.05) is 19.7 Å². The molecule has 1 fully saturated rings. The van der Waals surface area contributed by atoms with Crippen molar-refractivity contribution in [2.45, 2.75) is 80.6 Å². The quantitative estimate of drug-likeness (QED) is 0.426. The third kappa shape index (κ3) is 10.8. The number of carbonyl (C=O) groups excluding carboxylic acids is 1. The number of hydrogen-bond acceptors (Lipinski definition) is 4. The summed E-state index contributed by atoms with van der Waals surface area (Å²) < 4.78 is 16.6. The second kappa shape index (κ2) is 12.3. The number of rotatable bonds is 12. The van der Waals surface area contributed by atoms with Crippen LogP contribution in [0.3, 0.4) is 0 Å². The molecule has 172 valence electrons. The Morgan fingerprint density at radius 2 is 1.31 bits per heavy atom. The van der Waals surface area contributed by atoms with Crippen LogP contribution < -0.4 is 0 Å². The van der Waals surface area contributed by atoms with Crippen molar-refractivity contribution in [3.8, 4) is 0 Å². The molecule has 0 spiro atoms. The van der Waals surface area contributed by atoms with E-state index < -0.39 is 0 Å². The van der Waals surface area contributed by atoms with Crippen LogP contribution in [0.5, 0.6) is 0 Å². The molecule has 5 heteroatoms. The molecule has 0 bridgehead atoms. The van der Waals surface area contributed by atoms with E-state index in [0.717, 1.165) is 39.0 Å². The largest absolute Gasteiger partial charge is 0.379 e. The maximum atomic E-state index is 12.4. The molecule has 0 atom stereocenters. The van der Waals surface area contributed by atoms with E-state index >= 15 is 0 Å². The van der Waals surface area contributed by atoms with Crippen molar-refractivity contribution >= 4 is 5.91 Å². The maximum absolute atomic E-state index is 12.4. The zero-order valence-electron chi connectivity index (χ0n) is 20.3. The first-order valence-electron chi connectivity index (χ1n) is 11.5. The van der Waals surface area contributed by atoms with Crippen LogP contribution in [0.25, 0.3) is 0 Å². The average molecular weight is 414 g/mol. The highest BCUT2D eigenvalue weighted by atomic mass is 16.5. The summed E-state index contributed by atoms with van der Waals surface area (Å²) >= 11 is 0. The Bertz CT molecular complexity index is 456. The van der Waals surface area contributed by atoms with E-state index in [1.165, 1.54) is 6.42 Å². The second-order valence-electron chi connectivity index (χ2n) is 10.9. The van der Waals surface area contributed by atoms with Crippen molar-refractivity contribution in [1.29, 1.82) is 0 Å². The lowest BCUT2D eigenvalue weighted by Crippen LogP contribution is -2.47. The molecule has 1 heterocycles. The van der Waals surface area contributed by atoms with Crippen LogP contribution in [0.15, 0.2) is 0 Å². The van der Waals surface area contributed by atoms with Gasteiger partial charge in [-0.1, -0.05) is 48.5 Å². The Morgan fingerprint density at radius 1 is 0.828 bits per heavy atom. The average Bonchev–Trinajstić information content (AvgIpc) is 2.61. The van der Waals surface area contributed by atoms with E-state index in [0.29, 0.717) is 50.3 Å². The van der Waals surface area contributed by atoms with Gasteiger partial charge in [0.15, 0.2) is 0 Å². The zero-order chi connectivity index (χ0) is 22.0. The van der Waals surface area contributed by atoms with Gasteiger partial charge in [-0.25, -0.2) is 0 Å². The minimum Gasteiger partial charge on any atom is -0.379 e. The van der Waals surface area contributed by atoms with Crippen LogP contribution in [-0.2, 0) is 19.0 Å². The van der Waals surface area contributed by atoms with Gasteiger partial charge >= 0.3 is 0 Å². The topological polar surface area (TPSA) is 48.0 Å². The van der Waals surface area contributed by atoms with Gasteiger partial charge in [-0.05, 0) is 41.9 Å². The van der Waals surface area contributed by atoms with E-state index in [2.05, 4.69) is 48.5 Å². The Balaban J connectivity index is 1.96. The third-order valence-corrected chi connectivity index (χ3v) is 6.45. The van der Waals surface area contributed by atoms with E-state index in [1.54, 1.807) is 0 Å². The summed E-state index contributed by atoms with van der Waals surface area (Å²) in [5.41, 5.74) is 0.968. The molecule has 0 unspecified atom stereocenters. The molecular formula is C24H47NO4. The standard InChI is InChI=1S/C24H47NO4/c1-22(2,3)10-8-15-27-17-19-29-20-18-28-16-9-21(26)25-13-11-24(7,12-14-25)23(4,5)6/h8-20H2,1-7H3. The molecule has 0 aromatic carbocycles. The molecule has 1 rings (SSSR count). The summed E-state index contributed by atoms with van der Waals surface area (Å²) in [4.78, 5) is 14.4. The molecular weight excluding hydrogens is 366 g/mol. The third-order valence-electron chi connectivity index (χ3n) is 6.45. The molecule has 1 aliphatic rings. The fourth-order valence-electron chi connectivity index (χ4n) is 3.56. The van der Waals surface area contributed by atoms with Crippen molar-refractivity contribution in [3.05, 3.63) is 0 Å². The van der Waals surface area contributed by atoms with Crippen LogP contribution in [0.4, 0.5) is 0 Å². The predicted molar refractivity (Wildman–Crippen MR) is 119 cm³/mol. The van der Waals surface area contributed by atoms with Gasteiger partial charge in [0.1, 0.15) is 0 Å². The highest BCUT2D eigenvalue weighted by Gasteiger charge is 2.40. The normalized spacial score (nSPS) is 17.6. The van der Waals surface area contributed by atoms with Crippen molar-refractivity contribution in [2.24, 2.45) is 16.2 Å². The van der Waals surface area contributed by atoms with Crippen molar-refractivity contribution < 1.29 is 19.0 Å². The number of carbonyl (C=O) groups is 1. The Kier molecular flexibility index (Phi) is 11.2. The first-order chi connectivity index (χ1) is 13.4. The SMILES string of the molecule is CC(C)(C)CCCOCCOCCOCCC(=O)N1CCC(C)(C(C)(C)C)CC1. The van der Waals surface area contributed by atoms with Crippen LogP contribution in [-0.4, -0.2) is 63.5 Å². The van der Waals surface area contributed by atoms with Crippen LogP contribution >= 0.6 is 0 Å². The minimum absolute atomic E-state index is 0.213. The number of ether oxygens (including phenoxy) is 3. The molecule has 1 aliphatic heterocycles. The van der Waals surface area contributed by atoms with Gasteiger partial charge in [0.2, 0.25) is 5.91 Å². The van der Waals surface area contributed by atoms with Gasteiger partial charge in [-0.2, -0.15) is 0 Å². The monoisotopic (exact) mass is 413 g/mol. The van der Waals surface area contributed by atoms with Crippen molar-refractivity contribution in [1.82, 2.24) is 4.90 Å². The van der Waals surface area contributed by atoms with E-state index in [-0.39, 0.29) is 11.3 Å². The second-order valence-corrected chi connectivity index (χ2v) is 10.9. The first kappa shape index (κ1) is 26.4. The maximum Gasteiger partial charge on any atom is 0.224 e. The lowest BCUT2D eigenvalue weighted by molar-refractivity contribution is -0.136. The van der Waals surface area contributed by atoms with E-state index in [4.69, 9.17) is 14.2 Å². The molecule has 0 N–H and O–H groups in total. The van der Waals surface area contributed by atoms with Gasteiger partial charge in [0.05, 0.1) is 39.5 Å². The summed E-state index contributed by atoms with van der Waals surface area (Å²) in [6.07, 6.45) is 4.88. The van der Waals surface area contributed by atoms with E-state index in [1.807, 2.05) is 4.90 Å². The van der Waals surface area contributed by atoms with Crippen molar-refractivity contribution in [2.75, 3.05) is 52.7 Å². The van der Waals surface area contributed by atoms with Gasteiger partial charge in [-0.15, -0.1) is 0 Å². The summed E-state index contributed by atoms with van der Waals surface area (Å²) in [5.74, 6) is 0.213. The fraction of sp³-hybridized carbons (Fsp3) is 0.958. The zero-order valence-corrected chi connectivity index (χ0v) is 20.3. The lowest BCUT2D eigenvalue weighted by Gasteiger charge is -2.47. The number of piperidine rings is 1. The van der Waals surface area contributed by atoms with Crippen molar-refractivity contribution in [3.63, 3.8) is 0 Å². The molecule has 1 amide bonds. The summed E-state index contributed by atoms with van der Waals surface area (Å²) in [6, 6.07) is 0. The molecule has 0 radical (unpaired) electrons. The van der Waals surface area contributed by atoms with Crippen LogP contribution in [0.1, 0.15) is 80.6 Å². The molecule has 0 aliphatic carbocycles.